The number of rotatable bonds is 9. The smallest absolute Gasteiger partial charge is 0.118 e. The lowest BCUT2D eigenvalue weighted by Crippen LogP contribution is -2.25. The van der Waals surface area contributed by atoms with E-state index < -0.39 is 0 Å². The number of nitrogens with one attached hydrogen (secondary N) is 1. The molecule has 3 heteroatoms. The van der Waals surface area contributed by atoms with Crippen molar-refractivity contribution >= 4 is 0 Å². The van der Waals surface area contributed by atoms with Gasteiger partial charge in [0.15, 0.2) is 0 Å². The van der Waals surface area contributed by atoms with Crippen molar-refractivity contribution in [3.05, 3.63) is 29.8 Å². The van der Waals surface area contributed by atoms with Gasteiger partial charge < -0.3 is 14.8 Å². The quantitative estimate of drug-likeness (QED) is 0.749. The Morgan fingerprint density at radius 3 is 2.45 bits per heavy atom. The summed E-state index contributed by atoms with van der Waals surface area (Å²) in [4.78, 5) is 0. The minimum Gasteiger partial charge on any atom is -0.497 e. The van der Waals surface area contributed by atoms with Gasteiger partial charge in [-0.15, -0.1) is 0 Å². The summed E-state index contributed by atoms with van der Waals surface area (Å²) in [7, 11) is 1.69. The molecular weight excluding hydrogens is 250 g/mol. The Kier molecular flexibility index (Phi) is 5.86. The van der Waals surface area contributed by atoms with Gasteiger partial charge in [-0.3, -0.25) is 0 Å². The lowest BCUT2D eigenvalue weighted by Gasteiger charge is -2.20. The van der Waals surface area contributed by atoms with E-state index in [0.29, 0.717) is 12.0 Å². The van der Waals surface area contributed by atoms with Gasteiger partial charge in [0.1, 0.15) is 5.75 Å². The van der Waals surface area contributed by atoms with Gasteiger partial charge in [-0.2, -0.15) is 0 Å². The zero-order chi connectivity index (χ0) is 14.4. The van der Waals surface area contributed by atoms with Crippen molar-refractivity contribution in [2.75, 3.05) is 20.3 Å². The van der Waals surface area contributed by atoms with Crippen molar-refractivity contribution in [3.63, 3.8) is 0 Å². The van der Waals surface area contributed by atoms with Crippen LogP contribution in [-0.2, 0) is 4.74 Å². The van der Waals surface area contributed by atoms with Crippen molar-refractivity contribution in [1.29, 1.82) is 0 Å². The van der Waals surface area contributed by atoms with E-state index in [4.69, 9.17) is 9.47 Å². The number of methoxy groups -OCH3 is 1. The molecule has 0 spiro atoms. The normalized spacial score (nSPS) is 16.4. The Bertz CT molecular complexity index is 384. The molecule has 0 aromatic heterocycles. The van der Waals surface area contributed by atoms with E-state index >= 15 is 0 Å². The molecule has 1 saturated carbocycles. The fourth-order valence-corrected chi connectivity index (χ4v) is 2.10. The molecule has 1 N–H and O–H groups in total. The molecule has 1 atom stereocenters. The number of hydrogen-bond acceptors (Lipinski definition) is 3. The number of ether oxygens (including phenoxy) is 2. The van der Waals surface area contributed by atoms with Gasteiger partial charge in [-0.25, -0.2) is 0 Å². The third kappa shape index (κ3) is 5.14. The highest BCUT2D eigenvalue weighted by Crippen LogP contribution is 2.24. The zero-order valence-electron chi connectivity index (χ0n) is 12.9. The highest BCUT2D eigenvalue weighted by molar-refractivity contribution is 5.28. The Morgan fingerprint density at radius 1 is 1.20 bits per heavy atom. The van der Waals surface area contributed by atoms with Gasteiger partial charge in [0.05, 0.1) is 13.2 Å². The number of benzene rings is 1. The average molecular weight is 277 g/mol. The molecule has 20 heavy (non-hydrogen) atoms. The summed E-state index contributed by atoms with van der Waals surface area (Å²) >= 11 is 0. The standard InChI is InChI=1S/C17H27NO2/c1-13(2)10-11-20-17(12-18-15-6-7-15)14-4-8-16(19-3)9-5-14/h4-5,8-9,13,15,17-18H,6-7,10-12H2,1-3H3. The van der Waals surface area contributed by atoms with Crippen LogP contribution in [-0.4, -0.2) is 26.3 Å². The molecule has 1 aromatic rings. The second-order valence-electron chi connectivity index (χ2n) is 6.00. The summed E-state index contributed by atoms with van der Waals surface area (Å²) in [5, 5.41) is 3.57. The zero-order valence-corrected chi connectivity index (χ0v) is 12.9. The summed E-state index contributed by atoms with van der Waals surface area (Å²) < 4.78 is 11.3. The van der Waals surface area contributed by atoms with Crippen molar-refractivity contribution in [1.82, 2.24) is 5.32 Å². The summed E-state index contributed by atoms with van der Waals surface area (Å²) in [5.74, 6) is 1.58. The van der Waals surface area contributed by atoms with Crippen LogP contribution in [0.25, 0.3) is 0 Å². The van der Waals surface area contributed by atoms with E-state index in [0.717, 1.165) is 25.3 Å². The third-order valence-electron chi connectivity index (χ3n) is 3.67. The van der Waals surface area contributed by atoms with Crippen molar-refractivity contribution < 1.29 is 9.47 Å². The van der Waals surface area contributed by atoms with Gasteiger partial charge in [-0.05, 0) is 42.9 Å². The van der Waals surface area contributed by atoms with E-state index in [1.807, 2.05) is 12.1 Å². The van der Waals surface area contributed by atoms with E-state index in [1.54, 1.807) is 7.11 Å². The van der Waals surface area contributed by atoms with Crippen LogP contribution in [0.1, 0.15) is 44.8 Å². The van der Waals surface area contributed by atoms with Crippen molar-refractivity contribution in [2.45, 2.75) is 45.3 Å². The van der Waals surface area contributed by atoms with Gasteiger partial charge in [0.25, 0.3) is 0 Å². The predicted molar refractivity (Wildman–Crippen MR) is 82.2 cm³/mol. The molecule has 1 aliphatic rings. The maximum absolute atomic E-state index is 6.09. The van der Waals surface area contributed by atoms with Crippen LogP contribution < -0.4 is 10.1 Å². The molecule has 0 heterocycles. The van der Waals surface area contributed by atoms with Crippen LogP contribution in [0, 0.1) is 5.92 Å². The summed E-state index contributed by atoms with van der Waals surface area (Å²) in [5.41, 5.74) is 1.22. The SMILES string of the molecule is COc1ccc(C(CNC2CC2)OCCC(C)C)cc1. The largest absolute Gasteiger partial charge is 0.497 e. The van der Waals surface area contributed by atoms with Gasteiger partial charge in [-0.1, -0.05) is 26.0 Å². The summed E-state index contributed by atoms with van der Waals surface area (Å²) in [6.07, 6.45) is 3.86. The molecule has 1 unspecified atom stereocenters. The maximum Gasteiger partial charge on any atom is 0.118 e. The Labute approximate surface area is 122 Å². The first kappa shape index (κ1) is 15.3. The van der Waals surface area contributed by atoms with Crippen LogP contribution in [0.5, 0.6) is 5.75 Å². The van der Waals surface area contributed by atoms with Gasteiger partial charge in [0, 0.05) is 19.2 Å². The van der Waals surface area contributed by atoms with Crippen molar-refractivity contribution in [3.8, 4) is 5.75 Å². The minimum absolute atomic E-state index is 0.139. The Hall–Kier alpha value is -1.06. The lowest BCUT2D eigenvalue weighted by molar-refractivity contribution is 0.0455. The molecule has 1 fully saturated rings. The fraction of sp³-hybridized carbons (Fsp3) is 0.647. The molecule has 112 valence electrons. The molecule has 3 nitrogen and oxygen atoms in total. The first-order valence-corrected chi connectivity index (χ1v) is 7.68. The molecule has 1 aromatic carbocycles. The summed E-state index contributed by atoms with van der Waals surface area (Å²) in [6, 6.07) is 8.93. The highest BCUT2D eigenvalue weighted by Gasteiger charge is 2.22. The first-order chi connectivity index (χ1) is 9.69. The van der Waals surface area contributed by atoms with Gasteiger partial charge in [0.2, 0.25) is 0 Å². The van der Waals surface area contributed by atoms with E-state index in [1.165, 1.54) is 18.4 Å². The van der Waals surface area contributed by atoms with Crippen molar-refractivity contribution in [2.24, 2.45) is 5.92 Å². The van der Waals surface area contributed by atoms with E-state index in [9.17, 15) is 0 Å². The second kappa shape index (κ2) is 7.65. The highest BCUT2D eigenvalue weighted by atomic mass is 16.5. The molecule has 0 aliphatic heterocycles. The molecule has 0 saturated heterocycles. The lowest BCUT2D eigenvalue weighted by atomic mass is 10.1. The molecule has 0 radical (unpaired) electrons. The molecular formula is C17H27NO2. The van der Waals surface area contributed by atoms with Crippen LogP contribution in [0.2, 0.25) is 0 Å². The van der Waals surface area contributed by atoms with Gasteiger partial charge >= 0.3 is 0 Å². The predicted octanol–water partition coefficient (Wildman–Crippen LogP) is 3.55. The number of hydrogen-bond donors (Lipinski definition) is 1. The van der Waals surface area contributed by atoms with Crippen LogP contribution in [0.3, 0.4) is 0 Å². The average Bonchev–Trinajstić information content (AvgIpc) is 3.26. The van der Waals surface area contributed by atoms with Crippen LogP contribution in [0.15, 0.2) is 24.3 Å². The van der Waals surface area contributed by atoms with E-state index in [-0.39, 0.29) is 6.10 Å². The minimum atomic E-state index is 0.139. The topological polar surface area (TPSA) is 30.5 Å². The van der Waals surface area contributed by atoms with Crippen LogP contribution in [0.4, 0.5) is 0 Å². The maximum atomic E-state index is 6.09. The van der Waals surface area contributed by atoms with E-state index in [2.05, 4.69) is 31.3 Å². The molecule has 0 amide bonds. The monoisotopic (exact) mass is 277 g/mol. The molecule has 1 aliphatic carbocycles. The molecule has 0 bridgehead atoms. The third-order valence-corrected chi connectivity index (χ3v) is 3.67. The summed E-state index contributed by atoms with van der Waals surface area (Å²) in [6.45, 7) is 6.18. The Morgan fingerprint density at radius 2 is 1.90 bits per heavy atom. The first-order valence-electron chi connectivity index (χ1n) is 7.68. The fourth-order valence-electron chi connectivity index (χ4n) is 2.10. The Balaban J connectivity index is 1.91. The van der Waals surface area contributed by atoms with Crippen LogP contribution >= 0.6 is 0 Å². The molecule has 2 rings (SSSR count). The second-order valence-corrected chi connectivity index (χ2v) is 6.00.